The molecule has 0 unspecified atom stereocenters. The molecule has 0 spiro atoms. The summed E-state index contributed by atoms with van der Waals surface area (Å²) in [5, 5.41) is 2.92. The van der Waals surface area contributed by atoms with Crippen molar-refractivity contribution in [2.24, 2.45) is 0 Å². The predicted octanol–water partition coefficient (Wildman–Crippen LogP) is 4.67. The maximum Gasteiger partial charge on any atom is 0.268 e. The second kappa shape index (κ2) is 8.89. The third-order valence-corrected chi connectivity index (χ3v) is 6.61. The lowest BCUT2D eigenvalue weighted by atomic mass is 10.2. The molecule has 0 radical (unpaired) electrons. The average Bonchev–Trinajstić information content (AvgIpc) is 3.43. The number of aromatic nitrogens is 2. The van der Waals surface area contributed by atoms with Crippen molar-refractivity contribution in [3.05, 3.63) is 64.5 Å². The van der Waals surface area contributed by atoms with E-state index in [0.717, 1.165) is 5.56 Å². The highest BCUT2D eigenvalue weighted by molar-refractivity contribution is 7.99. The van der Waals surface area contributed by atoms with Crippen molar-refractivity contribution in [2.75, 3.05) is 18.8 Å². The number of thioether (sulfide) groups is 1. The molecule has 3 heterocycles. The topological polar surface area (TPSA) is 68.3 Å². The summed E-state index contributed by atoms with van der Waals surface area (Å²) in [6, 6.07) is 13.0. The molecule has 30 heavy (non-hydrogen) atoms. The Morgan fingerprint density at radius 1 is 1.17 bits per heavy atom. The van der Waals surface area contributed by atoms with E-state index in [4.69, 9.17) is 9.40 Å². The van der Waals surface area contributed by atoms with Crippen molar-refractivity contribution in [3.63, 3.8) is 0 Å². The SMILES string of the molecule is CCN(CC)C(=O)CSc1nc2scc(-c3ccco3)c2c(=O)n1-c1ccccc1. The maximum atomic E-state index is 13.6. The van der Waals surface area contributed by atoms with E-state index in [1.165, 1.54) is 23.1 Å². The van der Waals surface area contributed by atoms with Crippen LogP contribution in [0.5, 0.6) is 0 Å². The van der Waals surface area contributed by atoms with Gasteiger partial charge >= 0.3 is 0 Å². The summed E-state index contributed by atoms with van der Waals surface area (Å²) in [7, 11) is 0. The minimum absolute atomic E-state index is 0.0291. The van der Waals surface area contributed by atoms with Gasteiger partial charge in [0.2, 0.25) is 5.91 Å². The fourth-order valence-electron chi connectivity index (χ4n) is 3.28. The molecule has 0 aliphatic heterocycles. The molecule has 0 saturated heterocycles. The van der Waals surface area contributed by atoms with Crippen molar-refractivity contribution in [2.45, 2.75) is 19.0 Å². The summed E-state index contributed by atoms with van der Waals surface area (Å²) in [5.74, 6) is 0.890. The summed E-state index contributed by atoms with van der Waals surface area (Å²) < 4.78 is 7.11. The molecular formula is C22H21N3O3S2. The second-order valence-corrected chi connectivity index (χ2v) is 8.33. The zero-order valence-corrected chi connectivity index (χ0v) is 18.3. The highest BCUT2D eigenvalue weighted by Crippen LogP contribution is 2.33. The van der Waals surface area contributed by atoms with Crippen molar-refractivity contribution in [1.29, 1.82) is 0 Å². The molecule has 0 N–H and O–H groups in total. The van der Waals surface area contributed by atoms with E-state index in [0.29, 0.717) is 39.9 Å². The minimum Gasteiger partial charge on any atom is -0.464 e. The van der Waals surface area contributed by atoms with Crippen LogP contribution in [-0.2, 0) is 4.79 Å². The van der Waals surface area contributed by atoms with Crippen molar-refractivity contribution in [3.8, 4) is 17.0 Å². The third-order valence-electron chi connectivity index (χ3n) is 4.82. The Hall–Kier alpha value is -2.84. The fourth-order valence-corrected chi connectivity index (χ4v) is 5.16. The average molecular weight is 440 g/mol. The summed E-state index contributed by atoms with van der Waals surface area (Å²) in [4.78, 5) is 33.3. The Bertz CT molecular complexity index is 1210. The Labute approximate surface area is 182 Å². The molecule has 0 fully saturated rings. The molecule has 3 aromatic heterocycles. The molecule has 0 saturated carbocycles. The van der Waals surface area contributed by atoms with E-state index in [1.54, 1.807) is 21.8 Å². The molecule has 0 bridgehead atoms. The first-order valence-corrected chi connectivity index (χ1v) is 11.5. The van der Waals surface area contributed by atoms with Gasteiger partial charge in [0.1, 0.15) is 10.6 Å². The van der Waals surface area contributed by atoms with E-state index in [2.05, 4.69) is 0 Å². The lowest BCUT2D eigenvalue weighted by Crippen LogP contribution is -2.32. The largest absolute Gasteiger partial charge is 0.464 e. The Kier molecular flexibility index (Phi) is 6.06. The van der Waals surface area contributed by atoms with E-state index < -0.39 is 0 Å². The molecule has 1 aromatic carbocycles. The molecule has 0 aliphatic rings. The number of nitrogens with zero attached hydrogens (tertiary/aromatic N) is 3. The van der Waals surface area contributed by atoms with Crippen molar-refractivity contribution < 1.29 is 9.21 Å². The smallest absolute Gasteiger partial charge is 0.268 e. The quantitative estimate of drug-likeness (QED) is 0.309. The van der Waals surface area contributed by atoms with Crippen LogP contribution in [0.4, 0.5) is 0 Å². The molecule has 154 valence electrons. The lowest BCUT2D eigenvalue weighted by Gasteiger charge is -2.18. The first kappa shape index (κ1) is 20.4. The van der Waals surface area contributed by atoms with Crippen LogP contribution in [0.15, 0.2) is 68.5 Å². The zero-order valence-electron chi connectivity index (χ0n) is 16.7. The summed E-state index contributed by atoms with van der Waals surface area (Å²) >= 11 is 2.69. The summed E-state index contributed by atoms with van der Waals surface area (Å²) in [6.07, 6.45) is 1.59. The lowest BCUT2D eigenvalue weighted by molar-refractivity contribution is -0.127. The van der Waals surface area contributed by atoms with Gasteiger partial charge < -0.3 is 9.32 Å². The third kappa shape index (κ3) is 3.80. The molecular weight excluding hydrogens is 418 g/mol. The fraction of sp³-hybridized carbons (Fsp3) is 0.227. The second-order valence-electron chi connectivity index (χ2n) is 6.53. The number of carbonyl (C=O) groups excluding carboxylic acids is 1. The van der Waals surface area contributed by atoms with Gasteiger partial charge in [-0.3, -0.25) is 14.2 Å². The number of hydrogen-bond donors (Lipinski definition) is 0. The monoisotopic (exact) mass is 439 g/mol. The Morgan fingerprint density at radius 2 is 1.93 bits per heavy atom. The van der Waals surface area contributed by atoms with E-state index in [9.17, 15) is 9.59 Å². The van der Waals surface area contributed by atoms with Gasteiger partial charge in [0.25, 0.3) is 5.56 Å². The number of carbonyl (C=O) groups is 1. The van der Waals surface area contributed by atoms with Crippen molar-refractivity contribution >= 4 is 39.2 Å². The van der Waals surface area contributed by atoms with Crippen LogP contribution in [0, 0.1) is 0 Å². The zero-order chi connectivity index (χ0) is 21.1. The summed E-state index contributed by atoms with van der Waals surface area (Å²) in [5.41, 5.74) is 1.28. The van der Waals surface area contributed by atoms with E-state index >= 15 is 0 Å². The Balaban J connectivity index is 1.83. The van der Waals surface area contributed by atoms with Crippen LogP contribution in [0.2, 0.25) is 0 Å². The Morgan fingerprint density at radius 3 is 2.60 bits per heavy atom. The molecule has 4 rings (SSSR count). The minimum atomic E-state index is -0.170. The molecule has 4 aromatic rings. The van der Waals surface area contributed by atoms with Gasteiger partial charge in [-0.1, -0.05) is 30.0 Å². The number of thiophene rings is 1. The van der Waals surface area contributed by atoms with E-state index in [1.807, 2.05) is 55.6 Å². The van der Waals surface area contributed by atoms with Gasteiger partial charge in [0.15, 0.2) is 5.16 Å². The molecule has 0 atom stereocenters. The predicted molar refractivity (Wildman–Crippen MR) is 122 cm³/mol. The van der Waals surface area contributed by atoms with E-state index in [-0.39, 0.29) is 17.2 Å². The molecule has 8 heteroatoms. The first-order chi connectivity index (χ1) is 14.6. The van der Waals surface area contributed by atoms with Crippen LogP contribution in [0.1, 0.15) is 13.8 Å². The van der Waals surface area contributed by atoms with Crippen LogP contribution in [0.25, 0.3) is 27.2 Å². The first-order valence-electron chi connectivity index (χ1n) is 9.68. The number of hydrogen-bond acceptors (Lipinski definition) is 6. The normalized spacial score (nSPS) is 11.1. The van der Waals surface area contributed by atoms with Gasteiger partial charge in [0, 0.05) is 24.0 Å². The van der Waals surface area contributed by atoms with Gasteiger partial charge in [-0.2, -0.15) is 0 Å². The highest BCUT2D eigenvalue weighted by atomic mass is 32.2. The van der Waals surface area contributed by atoms with Gasteiger partial charge in [-0.15, -0.1) is 11.3 Å². The maximum absolute atomic E-state index is 13.6. The van der Waals surface area contributed by atoms with Gasteiger partial charge in [0.05, 0.1) is 23.1 Å². The van der Waals surface area contributed by atoms with Crippen LogP contribution < -0.4 is 5.56 Å². The van der Waals surface area contributed by atoms with Gasteiger partial charge in [-0.25, -0.2) is 4.98 Å². The number of furan rings is 1. The number of fused-ring (bicyclic) bond motifs is 1. The van der Waals surface area contributed by atoms with Gasteiger partial charge in [-0.05, 0) is 38.1 Å². The number of amides is 1. The number of rotatable bonds is 7. The van der Waals surface area contributed by atoms with Crippen molar-refractivity contribution in [1.82, 2.24) is 14.5 Å². The summed E-state index contributed by atoms with van der Waals surface area (Å²) in [6.45, 7) is 5.23. The molecule has 6 nitrogen and oxygen atoms in total. The highest BCUT2D eigenvalue weighted by Gasteiger charge is 2.20. The van der Waals surface area contributed by atoms with Crippen LogP contribution >= 0.6 is 23.1 Å². The van der Waals surface area contributed by atoms with Crippen LogP contribution in [0.3, 0.4) is 0 Å². The standard InChI is InChI=1S/C22H21N3O3S2/c1-3-24(4-2)18(26)14-30-22-23-20-19(16(13-29-20)17-11-8-12-28-17)21(27)25(22)15-9-6-5-7-10-15/h5-13H,3-4,14H2,1-2H3. The number of benzene rings is 1. The number of para-hydroxylation sites is 1. The van der Waals surface area contributed by atoms with Crippen LogP contribution in [-0.4, -0.2) is 39.2 Å². The molecule has 0 aliphatic carbocycles. The molecule has 1 amide bonds.